The fourth-order valence-electron chi connectivity index (χ4n) is 3.40. The largest absolute Gasteiger partial charge is 0.494 e. The molecule has 1 aromatic heterocycles. The van der Waals surface area contributed by atoms with E-state index in [0.717, 1.165) is 29.2 Å². The summed E-state index contributed by atoms with van der Waals surface area (Å²) in [6.45, 7) is 0.815. The number of fused-ring (bicyclic) bond motifs is 1. The minimum absolute atomic E-state index is 0.537. The number of benzene rings is 1. The fourth-order valence-corrected chi connectivity index (χ4v) is 3.40. The molecular weight excluding hydrogens is 210 g/mol. The van der Waals surface area contributed by atoms with Crippen molar-refractivity contribution in [2.24, 2.45) is 11.3 Å². The van der Waals surface area contributed by atoms with Gasteiger partial charge in [0.2, 0.25) is 0 Å². The maximum atomic E-state index is 7.78. The number of H-pyrrole nitrogens is 1. The molecule has 17 heavy (non-hydrogen) atoms. The van der Waals surface area contributed by atoms with Crippen LogP contribution in [0.5, 0.6) is 5.75 Å². The van der Waals surface area contributed by atoms with E-state index in [-0.39, 0.29) is 0 Å². The molecule has 2 nitrogen and oxygen atoms in total. The summed E-state index contributed by atoms with van der Waals surface area (Å²) in [6, 6.07) is 6.48. The van der Waals surface area contributed by atoms with Gasteiger partial charge in [-0.3, -0.25) is 0 Å². The molecule has 0 radical (unpaired) electrons. The maximum Gasteiger partial charge on any atom is 0.120 e. The Morgan fingerprint density at radius 3 is 3.06 bits per heavy atom. The number of aromatic amines is 1. The molecular formula is C15H17NO. The van der Waals surface area contributed by atoms with E-state index in [2.05, 4.69) is 4.98 Å². The van der Waals surface area contributed by atoms with Gasteiger partial charge in [-0.25, -0.2) is 0 Å². The molecule has 2 bridgehead atoms. The Balaban J connectivity index is 1.44. The van der Waals surface area contributed by atoms with Gasteiger partial charge in [0.15, 0.2) is 0 Å². The van der Waals surface area contributed by atoms with Crippen LogP contribution in [0.15, 0.2) is 30.4 Å². The molecule has 3 saturated carbocycles. The van der Waals surface area contributed by atoms with Crippen LogP contribution < -0.4 is 4.74 Å². The van der Waals surface area contributed by atoms with Gasteiger partial charge in [0, 0.05) is 17.1 Å². The molecule has 3 fully saturated rings. The van der Waals surface area contributed by atoms with Gasteiger partial charge >= 0.3 is 0 Å². The summed E-state index contributed by atoms with van der Waals surface area (Å²) in [5, 5.41) is 0.943. The lowest BCUT2D eigenvalue weighted by atomic mass is 9.43. The Hall–Kier alpha value is -1.44. The molecule has 2 heteroatoms. The molecule has 0 aliphatic heterocycles. The Kier molecular flexibility index (Phi) is 1.66. The lowest BCUT2D eigenvalue weighted by molar-refractivity contribution is -0.117. The van der Waals surface area contributed by atoms with Crippen molar-refractivity contribution in [2.45, 2.75) is 25.7 Å². The third kappa shape index (κ3) is 1.47. The molecule has 3 aliphatic rings. The van der Waals surface area contributed by atoms with Gasteiger partial charge in [-0.1, -0.05) is 0 Å². The number of rotatable bonds is 4. The summed E-state index contributed by atoms with van der Waals surface area (Å²) < 4.78 is 13.6. The third-order valence-corrected chi connectivity index (χ3v) is 4.51. The first-order valence-corrected chi connectivity index (χ1v) is 6.45. The van der Waals surface area contributed by atoms with Crippen molar-refractivity contribution in [1.82, 2.24) is 4.98 Å². The molecule has 0 atom stereocenters. The van der Waals surface area contributed by atoms with Crippen LogP contribution >= 0.6 is 0 Å². The Morgan fingerprint density at radius 1 is 1.41 bits per heavy atom. The molecule has 2 aromatic rings. The van der Waals surface area contributed by atoms with Crippen molar-refractivity contribution in [3.05, 3.63) is 30.4 Å². The number of nitrogens with one attached hydrogen (secondary N) is 1. The van der Waals surface area contributed by atoms with E-state index in [1.54, 1.807) is 6.20 Å². The van der Waals surface area contributed by atoms with Gasteiger partial charge in [-0.05, 0) is 61.3 Å². The SMILES string of the molecule is [2H]c1c[nH]c2ccc(OCCC34CC(C3)C4)cc12. The van der Waals surface area contributed by atoms with Gasteiger partial charge in [-0.15, -0.1) is 0 Å². The third-order valence-electron chi connectivity index (χ3n) is 4.51. The van der Waals surface area contributed by atoms with E-state index in [9.17, 15) is 0 Å². The second kappa shape index (κ2) is 3.28. The monoisotopic (exact) mass is 228 g/mol. The normalized spacial score (nSPS) is 30.6. The number of hydrogen-bond acceptors (Lipinski definition) is 1. The van der Waals surface area contributed by atoms with Gasteiger partial charge in [-0.2, -0.15) is 0 Å². The lowest BCUT2D eigenvalue weighted by Crippen LogP contribution is -2.52. The maximum absolute atomic E-state index is 7.78. The quantitative estimate of drug-likeness (QED) is 0.847. The summed E-state index contributed by atoms with van der Waals surface area (Å²) >= 11 is 0. The highest BCUT2D eigenvalue weighted by Gasteiger charge is 2.55. The van der Waals surface area contributed by atoms with Gasteiger partial charge < -0.3 is 9.72 Å². The topological polar surface area (TPSA) is 25.0 Å². The van der Waals surface area contributed by atoms with Crippen LogP contribution in [0, 0.1) is 11.3 Å². The molecule has 1 N–H and O–H groups in total. The summed E-state index contributed by atoms with van der Waals surface area (Å²) in [4.78, 5) is 3.08. The van der Waals surface area contributed by atoms with E-state index < -0.39 is 0 Å². The van der Waals surface area contributed by atoms with Crippen LogP contribution in [0.3, 0.4) is 0 Å². The first-order valence-electron chi connectivity index (χ1n) is 6.95. The average molecular weight is 228 g/mol. The number of ether oxygens (including phenoxy) is 1. The highest BCUT2D eigenvalue weighted by molar-refractivity contribution is 5.80. The summed E-state index contributed by atoms with van der Waals surface area (Å²) in [5.74, 6) is 1.94. The molecule has 0 amide bonds. The van der Waals surface area contributed by atoms with E-state index in [1.165, 1.54) is 25.7 Å². The molecule has 1 aromatic carbocycles. The summed E-state index contributed by atoms with van der Waals surface area (Å²) in [5.41, 5.74) is 1.66. The summed E-state index contributed by atoms with van der Waals surface area (Å²) in [7, 11) is 0. The van der Waals surface area contributed by atoms with Crippen LogP contribution in [0.2, 0.25) is 0 Å². The Bertz CT molecular complexity index is 587. The zero-order valence-electron chi connectivity index (χ0n) is 10.8. The van der Waals surface area contributed by atoms with Gasteiger partial charge in [0.25, 0.3) is 0 Å². The smallest absolute Gasteiger partial charge is 0.120 e. The zero-order valence-corrected chi connectivity index (χ0v) is 9.83. The second-order valence-electron chi connectivity index (χ2n) is 5.72. The van der Waals surface area contributed by atoms with Crippen molar-refractivity contribution >= 4 is 10.9 Å². The minimum atomic E-state index is 0.537. The molecule has 1 heterocycles. The first-order chi connectivity index (χ1) is 8.74. The molecule has 0 spiro atoms. The van der Waals surface area contributed by atoms with Crippen LogP contribution in [0.1, 0.15) is 27.1 Å². The number of hydrogen-bond donors (Lipinski definition) is 1. The molecule has 0 saturated heterocycles. The number of aromatic nitrogens is 1. The zero-order chi connectivity index (χ0) is 12.2. The van der Waals surface area contributed by atoms with E-state index in [4.69, 9.17) is 6.11 Å². The van der Waals surface area contributed by atoms with Crippen molar-refractivity contribution in [3.63, 3.8) is 0 Å². The predicted octanol–water partition coefficient (Wildman–Crippen LogP) is 3.74. The van der Waals surface area contributed by atoms with Crippen molar-refractivity contribution < 1.29 is 6.11 Å². The molecule has 0 unspecified atom stereocenters. The van der Waals surface area contributed by atoms with Crippen LogP contribution in [-0.2, 0) is 0 Å². The lowest BCUT2D eigenvalue weighted by Gasteiger charge is -2.62. The Morgan fingerprint density at radius 2 is 2.29 bits per heavy atom. The second-order valence-corrected chi connectivity index (χ2v) is 5.72. The molecule has 5 rings (SSSR count). The van der Waals surface area contributed by atoms with E-state index in [1.807, 2.05) is 18.2 Å². The van der Waals surface area contributed by atoms with Crippen LogP contribution in [0.25, 0.3) is 10.9 Å². The van der Waals surface area contributed by atoms with Crippen LogP contribution in [0.4, 0.5) is 0 Å². The minimum Gasteiger partial charge on any atom is -0.494 e. The first kappa shape index (κ1) is 8.62. The highest BCUT2D eigenvalue weighted by Crippen LogP contribution is 2.66. The van der Waals surface area contributed by atoms with E-state index in [0.29, 0.717) is 11.5 Å². The summed E-state index contributed by atoms with van der Waals surface area (Å²) in [6.07, 6.45) is 7.22. The molecule has 88 valence electrons. The van der Waals surface area contributed by atoms with Crippen molar-refractivity contribution in [3.8, 4) is 5.75 Å². The predicted molar refractivity (Wildman–Crippen MR) is 68.2 cm³/mol. The van der Waals surface area contributed by atoms with Crippen molar-refractivity contribution in [2.75, 3.05) is 6.61 Å². The standard InChI is InChI=1S/C15H17NO/c1-2-14-12(3-5-16-14)7-13(1)17-6-4-15-8-11(9-15)10-15/h1-3,5,7,11,16H,4,6,8-10H2/i3D. The average Bonchev–Trinajstić information content (AvgIpc) is 2.62. The molecule has 3 aliphatic carbocycles. The van der Waals surface area contributed by atoms with Crippen LogP contribution in [-0.4, -0.2) is 11.6 Å². The van der Waals surface area contributed by atoms with Crippen molar-refractivity contribution in [1.29, 1.82) is 0 Å². The van der Waals surface area contributed by atoms with Gasteiger partial charge in [0.05, 0.1) is 7.98 Å². The Labute approximate surface area is 102 Å². The van der Waals surface area contributed by atoms with Gasteiger partial charge in [0.1, 0.15) is 5.75 Å². The van der Waals surface area contributed by atoms with E-state index >= 15 is 0 Å². The fraction of sp³-hybridized carbons (Fsp3) is 0.467. The highest BCUT2D eigenvalue weighted by atomic mass is 16.5.